The normalized spacial score (nSPS) is 12.8. The van der Waals surface area contributed by atoms with Gasteiger partial charge in [0.25, 0.3) is 0 Å². The van der Waals surface area contributed by atoms with E-state index in [0.717, 1.165) is 11.1 Å². The molecule has 5 nitrogen and oxygen atoms in total. The molecule has 2 aromatic rings. The summed E-state index contributed by atoms with van der Waals surface area (Å²) in [5.41, 5.74) is 1.73. The smallest absolute Gasteiger partial charge is 0.223 e. The van der Waals surface area contributed by atoms with Crippen molar-refractivity contribution in [2.45, 2.75) is 26.3 Å². The van der Waals surface area contributed by atoms with Gasteiger partial charge in [-0.25, -0.2) is 0 Å². The molecule has 0 fully saturated rings. The van der Waals surface area contributed by atoms with Crippen LogP contribution >= 0.6 is 23.2 Å². The molecule has 152 valence electrons. The molecule has 0 heterocycles. The predicted octanol–water partition coefficient (Wildman–Crippen LogP) is 5.08. The Morgan fingerprint density at radius 1 is 1.00 bits per heavy atom. The molecule has 0 saturated carbocycles. The molecule has 0 aliphatic carbocycles. The van der Waals surface area contributed by atoms with Gasteiger partial charge in [0.05, 0.1) is 27.4 Å². The Morgan fingerprint density at radius 3 is 2.11 bits per heavy atom. The largest absolute Gasteiger partial charge is 0.493 e. The first-order valence-electron chi connectivity index (χ1n) is 8.84. The number of carbonyl (C=O) groups is 1. The molecule has 0 aliphatic heterocycles. The summed E-state index contributed by atoms with van der Waals surface area (Å²) in [5, 5.41) is 4.16. The van der Waals surface area contributed by atoms with Gasteiger partial charge in [-0.05, 0) is 48.7 Å². The number of methoxy groups -OCH3 is 3. The van der Waals surface area contributed by atoms with Crippen molar-refractivity contribution in [3.63, 3.8) is 0 Å². The minimum atomic E-state index is -0.261. The monoisotopic (exact) mass is 425 g/mol. The summed E-state index contributed by atoms with van der Waals surface area (Å²) in [5.74, 6) is 1.26. The highest BCUT2D eigenvalue weighted by molar-refractivity contribution is 6.35. The van der Waals surface area contributed by atoms with E-state index >= 15 is 0 Å². The van der Waals surface area contributed by atoms with Gasteiger partial charge in [-0.15, -0.1) is 0 Å². The number of rotatable bonds is 8. The zero-order chi connectivity index (χ0) is 20.8. The summed E-state index contributed by atoms with van der Waals surface area (Å²) in [7, 11) is 4.67. The number of nitrogens with one attached hydrogen (secondary N) is 1. The average molecular weight is 426 g/mol. The van der Waals surface area contributed by atoms with E-state index in [4.69, 9.17) is 37.4 Å². The highest BCUT2D eigenvalue weighted by Gasteiger charge is 2.21. The fourth-order valence-electron chi connectivity index (χ4n) is 2.90. The first kappa shape index (κ1) is 22.2. The first-order chi connectivity index (χ1) is 13.3. The molecule has 2 rings (SSSR count). The highest BCUT2D eigenvalue weighted by Crippen LogP contribution is 2.39. The average Bonchev–Trinajstić information content (AvgIpc) is 2.68. The number of benzene rings is 2. The van der Waals surface area contributed by atoms with E-state index in [9.17, 15) is 4.79 Å². The van der Waals surface area contributed by atoms with Gasteiger partial charge >= 0.3 is 0 Å². The van der Waals surface area contributed by atoms with E-state index < -0.39 is 0 Å². The Balaban J connectivity index is 2.12. The van der Waals surface area contributed by atoms with Crippen LogP contribution in [0.5, 0.6) is 17.2 Å². The molecule has 0 aromatic heterocycles. The Labute approximate surface area is 175 Å². The molecule has 0 radical (unpaired) electrons. The summed E-state index contributed by atoms with van der Waals surface area (Å²) in [4.78, 5) is 12.7. The lowest BCUT2D eigenvalue weighted by molar-refractivity contribution is -0.125. The third-order valence-electron chi connectivity index (χ3n) is 4.53. The number of amides is 1. The number of hydrogen-bond acceptors (Lipinski definition) is 4. The van der Waals surface area contributed by atoms with Crippen LogP contribution in [0.25, 0.3) is 0 Å². The van der Waals surface area contributed by atoms with Crippen molar-refractivity contribution in [3.05, 3.63) is 51.5 Å². The van der Waals surface area contributed by atoms with E-state index in [1.165, 1.54) is 0 Å². The maximum absolute atomic E-state index is 12.7. The number of hydrogen-bond donors (Lipinski definition) is 1. The first-order valence-corrected chi connectivity index (χ1v) is 9.60. The van der Waals surface area contributed by atoms with Crippen molar-refractivity contribution in [2.24, 2.45) is 5.92 Å². The summed E-state index contributed by atoms with van der Waals surface area (Å²) in [6.07, 6.45) is 0.518. The van der Waals surface area contributed by atoms with Crippen molar-refractivity contribution in [3.8, 4) is 17.2 Å². The molecule has 0 spiro atoms. The van der Waals surface area contributed by atoms with Crippen molar-refractivity contribution in [2.75, 3.05) is 21.3 Å². The molecule has 0 aliphatic rings. The maximum Gasteiger partial charge on any atom is 0.223 e. The quantitative estimate of drug-likeness (QED) is 0.640. The van der Waals surface area contributed by atoms with E-state index in [0.29, 0.717) is 33.7 Å². The lowest BCUT2D eigenvalue weighted by Crippen LogP contribution is -2.32. The highest BCUT2D eigenvalue weighted by atomic mass is 35.5. The second-order valence-corrected chi connectivity index (χ2v) is 7.37. The van der Waals surface area contributed by atoms with Crippen LogP contribution < -0.4 is 19.5 Å². The molecule has 1 N–H and O–H groups in total. The van der Waals surface area contributed by atoms with Crippen molar-refractivity contribution >= 4 is 29.1 Å². The molecule has 0 saturated heterocycles. The zero-order valence-electron chi connectivity index (χ0n) is 16.6. The maximum atomic E-state index is 12.7. The third kappa shape index (κ3) is 5.24. The van der Waals surface area contributed by atoms with Crippen LogP contribution in [-0.2, 0) is 11.2 Å². The number of carbonyl (C=O) groups excluding carboxylic acids is 1. The molecule has 7 heteroatoms. The van der Waals surface area contributed by atoms with Gasteiger partial charge in [-0.1, -0.05) is 36.2 Å². The summed E-state index contributed by atoms with van der Waals surface area (Å²) in [6.45, 7) is 3.77. The van der Waals surface area contributed by atoms with Crippen LogP contribution in [-0.4, -0.2) is 27.2 Å². The Kier molecular flexibility index (Phi) is 7.84. The number of halogens is 2. The molecule has 0 bridgehead atoms. The van der Waals surface area contributed by atoms with E-state index in [1.807, 2.05) is 32.0 Å². The standard InChI is InChI=1S/C21H25Cl2NO4/c1-12(8-14-6-7-16(22)11-17(14)23)21(25)24-13(2)15-9-18(26-3)20(28-5)19(10-15)27-4/h6-7,9-13H,8H2,1-5H3,(H,24,25). The van der Waals surface area contributed by atoms with Crippen LogP contribution in [0.2, 0.25) is 10.0 Å². The SMILES string of the molecule is COc1cc(C(C)NC(=O)C(C)Cc2ccc(Cl)cc2Cl)cc(OC)c1OC. The molecule has 28 heavy (non-hydrogen) atoms. The van der Waals surface area contributed by atoms with Gasteiger partial charge in [-0.2, -0.15) is 0 Å². The van der Waals surface area contributed by atoms with Crippen LogP contribution in [0.3, 0.4) is 0 Å². The summed E-state index contributed by atoms with van der Waals surface area (Å²) >= 11 is 12.2. The van der Waals surface area contributed by atoms with Crippen LogP contribution in [0.4, 0.5) is 0 Å². The summed E-state index contributed by atoms with van der Waals surface area (Å²) in [6, 6.07) is 8.70. The van der Waals surface area contributed by atoms with Gasteiger partial charge in [0.2, 0.25) is 11.7 Å². The second-order valence-electron chi connectivity index (χ2n) is 6.53. The lowest BCUT2D eigenvalue weighted by atomic mass is 9.99. The third-order valence-corrected chi connectivity index (χ3v) is 5.12. The van der Waals surface area contributed by atoms with Gasteiger partial charge in [-0.3, -0.25) is 4.79 Å². The predicted molar refractivity (Wildman–Crippen MR) is 112 cm³/mol. The van der Waals surface area contributed by atoms with Gasteiger partial charge in [0.15, 0.2) is 11.5 Å². The summed E-state index contributed by atoms with van der Waals surface area (Å²) < 4.78 is 16.1. The fraction of sp³-hybridized carbons (Fsp3) is 0.381. The van der Waals surface area contributed by atoms with E-state index in [1.54, 1.807) is 33.5 Å². The molecule has 2 aromatic carbocycles. The van der Waals surface area contributed by atoms with Crippen LogP contribution in [0.15, 0.2) is 30.3 Å². The van der Waals surface area contributed by atoms with E-state index in [-0.39, 0.29) is 17.9 Å². The van der Waals surface area contributed by atoms with Crippen LogP contribution in [0.1, 0.15) is 31.0 Å². The fourth-order valence-corrected chi connectivity index (χ4v) is 3.39. The second kappa shape index (κ2) is 9.89. The topological polar surface area (TPSA) is 56.8 Å². The Bertz CT molecular complexity index is 816. The molecular formula is C21H25Cl2NO4. The minimum Gasteiger partial charge on any atom is -0.493 e. The molecular weight excluding hydrogens is 401 g/mol. The van der Waals surface area contributed by atoms with Gasteiger partial charge in [0, 0.05) is 16.0 Å². The van der Waals surface area contributed by atoms with Crippen molar-refractivity contribution in [1.29, 1.82) is 0 Å². The number of ether oxygens (including phenoxy) is 3. The minimum absolute atomic E-state index is 0.0766. The lowest BCUT2D eigenvalue weighted by Gasteiger charge is -2.21. The molecule has 1 amide bonds. The van der Waals surface area contributed by atoms with Crippen molar-refractivity contribution in [1.82, 2.24) is 5.32 Å². The zero-order valence-corrected chi connectivity index (χ0v) is 18.1. The van der Waals surface area contributed by atoms with Crippen LogP contribution in [0, 0.1) is 5.92 Å². The molecule has 2 atom stereocenters. The molecule has 2 unspecified atom stereocenters. The van der Waals surface area contributed by atoms with E-state index in [2.05, 4.69) is 5.32 Å². The Morgan fingerprint density at radius 2 is 1.61 bits per heavy atom. The van der Waals surface area contributed by atoms with Gasteiger partial charge in [0.1, 0.15) is 0 Å². The van der Waals surface area contributed by atoms with Gasteiger partial charge < -0.3 is 19.5 Å². The van der Waals surface area contributed by atoms with Crippen molar-refractivity contribution < 1.29 is 19.0 Å². The Hall–Kier alpha value is -2.11.